The van der Waals surface area contributed by atoms with Crippen molar-refractivity contribution < 1.29 is 13.5 Å². The zero-order valence-electron chi connectivity index (χ0n) is 10.7. The summed E-state index contributed by atoms with van der Waals surface area (Å²) in [7, 11) is 0. The Kier molecular flexibility index (Phi) is 4.87. The molecule has 2 rings (SSSR count). The van der Waals surface area contributed by atoms with Gasteiger partial charge in [0.25, 0.3) is 0 Å². The van der Waals surface area contributed by atoms with E-state index in [1.54, 1.807) is 18.2 Å². The third kappa shape index (κ3) is 3.52. The first-order valence-electron chi connectivity index (χ1n) is 6.33. The molecule has 1 aromatic rings. The standard InChI is InChI=1S/C14H18F2N2O/c1-2-12(18-9-7-17-8-10-18)11-5-3-4-6-13(11)19-14(15)16/h2-6,12,14,17H,1,7-10H2/t12-/m0/s1. The Morgan fingerprint density at radius 3 is 2.58 bits per heavy atom. The van der Waals surface area contributed by atoms with E-state index in [4.69, 9.17) is 0 Å². The maximum Gasteiger partial charge on any atom is 0.387 e. The summed E-state index contributed by atoms with van der Waals surface area (Å²) in [6.07, 6.45) is 1.78. The second kappa shape index (κ2) is 6.63. The molecular formula is C14H18F2N2O. The average molecular weight is 268 g/mol. The molecule has 1 heterocycles. The van der Waals surface area contributed by atoms with Crippen LogP contribution in [0.4, 0.5) is 8.78 Å². The van der Waals surface area contributed by atoms with Gasteiger partial charge in [-0.15, -0.1) is 6.58 Å². The quantitative estimate of drug-likeness (QED) is 0.830. The number of benzene rings is 1. The normalized spacial score (nSPS) is 18.3. The van der Waals surface area contributed by atoms with E-state index < -0.39 is 6.61 Å². The van der Waals surface area contributed by atoms with Gasteiger partial charge in [0, 0.05) is 31.7 Å². The molecule has 0 bridgehead atoms. The molecule has 0 saturated carbocycles. The molecule has 0 aliphatic carbocycles. The van der Waals surface area contributed by atoms with Crippen molar-refractivity contribution in [3.05, 3.63) is 42.5 Å². The Bertz CT molecular complexity index is 420. The number of halogens is 2. The molecule has 3 nitrogen and oxygen atoms in total. The molecule has 1 aliphatic heterocycles. The summed E-state index contributed by atoms with van der Waals surface area (Å²) in [6, 6.07) is 6.80. The molecule has 1 fully saturated rings. The largest absolute Gasteiger partial charge is 0.434 e. The van der Waals surface area contributed by atoms with Crippen LogP contribution in [0.15, 0.2) is 36.9 Å². The summed E-state index contributed by atoms with van der Waals surface area (Å²) in [4.78, 5) is 2.21. The molecule has 0 aromatic heterocycles. The van der Waals surface area contributed by atoms with E-state index in [2.05, 4.69) is 21.5 Å². The van der Waals surface area contributed by atoms with Gasteiger partial charge in [-0.1, -0.05) is 24.3 Å². The fourth-order valence-electron chi connectivity index (χ4n) is 2.36. The minimum atomic E-state index is -2.81. The van der Waals surface area contributed by atoms with Gasteiger partial charge in [0.05, 0.1) is 6.04 Å². The second-order valence-electron chi connectivity index (χ2n) is 4.38. The highest BCUT2D eigenvalue weighted by Gasteiger charge is 2.23. The number of ether oxygens (including phenoxy) is 1. The van der Waals surface area contributed by atoms with E-state index in [0.29, 0.717) is 0 Å². The molecule has 0 spiro atoms. The lowest BCUT2D eigenvalue weighted by Gasteiger charge is -2.34. The highest BCUT2D eigenvalue weighted by Crippen LogP contribution is 2.31. The van der Waals surface area contributed by atoms with Crippen LogP contribution < -0.4 is 10.1 Å². The third-order valence-corrected chi connectivity index (χ3v) is 3.22. The lowest BCUT2D eigenvalue weighted by atomic mass is 10.0. The fourth-order valence-corrected chi connectivity index (χ4v) is 2.36. The first-order chi connectivity index (χ1) is 9.22. The van der Waals surface area contributed by atoms with Crippen molar-refractivity contribution >= 4 is 0 Å². The Hall–Kier alpha value is -1.46. The summed E-state index contributed by atoms with van der Waals surface area (Å²) >= 11 is 0. The molecule has 0 unspecified atom stereocenters. The van der Waals surface area contributed by atoms with Gasteiger partial charge in [0.2, 0.25) is 0 Å². The van der Waals surface area contributed by atoms with Crippen LogP contribution in [0.25, 0.3) is 0 Å². The van der Waals surface area contributed by atoms with Crippen molar-refractivity contribution in [3.8, 4) is 5.75 Å². The summed E-state index contributed by atoms with van der Waals surface area (Å²) in [5.74, 6) is 0.223. The van der Waals surface area contributed by atoms with E-state index in [0.717, 1.165) is 31.7 Å². The molecule has 1 N–H and O–H groups in total. The predicted molar refractivity (Wildman–Crippen MR) is 70.5 cm³/mol. The topological polar surface area (TPSA) is 24.5 Å². The highest BCUT2D eigenvalue weighted by atomic mass is 19.3. The van der Waals surface area contributed by atoms with E-state index in [1.807, 2.05) is 12.1 Å². The van der Waals surface area contributed by atoms with Crippen molar-refractivity contribution in [2.45, 2.75) is 12.7 Å². The zero-order valence-corrected chi connectivity index (χ0v) is 10.7. The van der Waals surface area contributed by atoms with Crippen molar-refractivity contribution in [2.24, 2.45) is 0 Å². The molecule has 104 valence electrons. The van der Waals surface area contributed by atoms with Crippen molar-refractivity contribution in [1.82, 2.24) is 10.2 Å². The minimum absolute atomic E-state index is 0.1000. The van der Waals surface area contributed by atoms with Gasteiger partial charge in [-0.3, -0.25) is 4.90 Å². The zero-order chi connectivity index (χ0) is 13.7. The van der Waals surface area contributed by atoms with Crippen LogP contribution in [0, 0.1) is 0 Å². The molecule has 19 heavy (non-hydrogen) atoms. The molecule has 1 aliphatic rings. The number of hydrogen-bond donors (Lipinski definition) is 1. The van der Waals surface area contributed by atoms with Crippen molar-refractivity contribution in [3.63, 3.8) is 0 Å². The van der Waals surface area contributed by atoms with Gasteiger partial charge >= 0.3 is 6.61 Å². The summed E-state index contributed by atoms with van der Waals surface area (Å²) in [6.45, 7) is 4.52. The number of nitrogens with zero attached hydrogens (tertiary/aromatic N) is 1. The number of piperazine rings is 1. The van der Waals surface area contributed by atoms with Gasteiger partial charge in [-0.25, -0.2) is 0 Å². The molecule has 1 aromatic carbocycles. The summed E-state index contributed by atoms with van der Waals surface area (Å²) in [5.41, 5.74) is 0.736. The highest BCUT2D eigenvalue weighted by molar-refractivity contribution is 5.38. The predicted octanol–water partition coefficient (Wildman–Crippen LogP) is 2.42. The SMILES string of the molecule is C=C[C@@H](c1ccccc1OC(F)F)N1CCNCC1. The minimum Gasteiger partial charge on any atom is -0.434 e. The van der Waals surface area contributed by atoms with Gasteiger partial charge in [0.1, 0.15) is 5.75 Å². The molecule has 1 atom stereocenters. The van der Waals surface area contributed by atoms with Crippen LogP contribution in [-0.4, -0.2) is 37.7 Å². The molecule has 0 radical (unpaired) electrons. The van der Waals surface area contributed by atoms with Gasteiger partial charge < -0.3 is 10.1 Å². The maximum atomic E-state index is 12.4. The smallest absolute Gasteiger partial charge is 0.387 e. The van der Waals surface area contributed by atoms with E-state index in [-0.39, 0.29) is 11.8 Å². The summed E-state index contributed by atoms with van der Waals surface area (Å²) < 4.78 is 29.5. The number of hydrogen-bond acceptors (Lipinski definition) is 3. The van der Waals surface area contributed by atoms with Crippen LogP contribution in [0.2, 0.25) is 0 Å². The van der Waals surface area contributed by atoms with Crippen LogP contribution in [0.1, 0.15) is 11.6 Å². The number of nitrogens with one attached hydrogen (secondary N) is 1. The van der Waals surface area contributed by atoms with Gasteiger partial charge in [-0.05, 0) is 6.07 Å². The molecule has 0 amide bonds. The summed E-state index contributed by atoms with van der Waals surface area (Å²) in [5, 5.41) is 3.26. The van der Waals surface area contributed by atoms with Gasteiger partial charge in [-0.2, -0.15) is 8.78 Å². The van der Waals surface area contributed by atoms with E-state index in [9.17, 15) is 8.78 Å². The maximum absolute atomic E-state index is 12.4. The number of rotatable bonds is 5. The van der Waals surface area contributed by atoms with Crippen LogP contribution in [0.5, 0.6) is 5.75 Å². The Labute approximate surface area is 111 Å². The first kappa shape index (κ1) is 14.0. The lowest BCUT2D eigenvalue weighted by Crippen LogP contribution is -2.44. The van der Waals surface area contributed by atoms with E-state index >= 15 is 0 Å². The third-order valence-electron chi connectivity index (χ3n) is 3.22. The van der Waals surface area contributed by atoms with Crippen LogP contribution in [-0.2, 0) is 0 Å². The average Bonchev–Trinajstić information content (AvgIpc) is 2.42. The van der Waals surface area contributed by atoms with Crippen LogP contribution in [0.3, 0.4) is 0 Å². The van der Waals surface area contributed by atoms with Crippen LogP contribution >= 0.6 is 0 Å². The van der Waals surface area contributed by atoms with Crippen molar-refractivity contribution in [1.29, 1.82) is 0 Å². The molecular weight excluding hydrogens is 250 g/mol. The lowest BCUT2D eigenvalue weighted by molar-refractivity contribution is -0.0510. The molecule has 1 saturated heterocycles. The second-order valence-corrected chi connectivity index (χ2v) is 4.38. The molecule has 5 heteroatoms. The Balaban J connectivity index is 2.23. The van der Waals surface area contributed by atoms with Crippen molar-refractivity contribution in [2.75, 3.05) is 26.2 Å². The van der Waals surface area contributed by atoms with Gasteiger partial charge in [0.15, 0.2) is 0 Å². The monoisotopic (exact) mass is 268 g/mol. The fraction of sp³-hybridized carbons (Fsp3) is 0.429. The number of alkyl halides is 2. The number of para-hydroxylation sites is 1. The van der Waals surface area contributed by atoms with E-state index in [1.165, 1.54) is 0 Å². The Morgan fingerprint density at radius 2 is 1.95 bits per heavy atom. The Morgan fingerprint density at radius 1 is 1.26 bits per heavy atom. The first-order valence-corrected chi connectivity index (χ1v) is 6.33.